The van der Waals surface area contributed by atoms with Crippen LogP contribution >= 0.6 is 22.9 Å². The number of para-hydroxylation sites is 1. The molecule has 3 aromatic rings. The SMILES string of the molecule is CN(C)C(CNC(=O)c1c(Cl)c2ccccc2n1C)c1ccsc1. The summed E-state index contributed by atoms with van der Waals surface area (Å²) < 4.78 is 1.85. The Morgan fingerprint density at radius 3 is 2.71 bits per heavy atom. The molecule has 1 N–H and O–H groups in total. The molecule has 2 heterocycles. The highest BCUT2D eigenvalue weighted by Crippen LogP contribution is 2.29. The molecule has 1 amide bonds. The number of aryl methyl sites for hydroxylation is 1. The minimum atomic E-state index is -0.152. The number of hydrogen-bond donors (Lipinski definition) is 1. The molecule has 4 nitrogen and oxygen atoms in total. The molecule has 1 unspecified atom stereocenters. The molecule has 126 valence electrons. The highest BCUT2D eigenvalue weighted by molar-refractivity contribution is 7.08. The van der Waals surface area contributed by atoms with Crippen LogP contribution in [0, 0.1) is 0 Å². The fourth-order valence-corrected chi connectivity index (χ4v) is 4.01. The molecule has 0 fully saturated rings. The van der Waals surface area contributed by atoms with Crippen molar-refractivity contribution in [1.82, 2.24) is 14.8 Å². The van der Waals surface area contributed by atoms with Gasteiger partial charge in [-0.15, -0.1) is 0 Å². The maximum Gasteiger partial charge on any atom is 0.269 e. The number of halogens is 1. The molecule has 0 aliphatic carbocycles. The number of thiophene rings is 1. The Morgan fingerprint density at radius 1 is 1.33 bits per heavy atom. The Bertz CT molecular complexity index is 816. The zero-order valence-electron chi connectivity index (χ0n) is 13.9. The van der Waals surface area contributed by atoms with Crippen molar-refractivity contribution >= 4 is 39.7 Å². The van der Waals surface area contributed by atoms with Crippen molar-refractivity contribution in [1.29, 1.82) is 0 Å². The number of aromatic nitrogens is 1. The van der Waals surface area contributed by atoms with Crippen molar-refractivity contribution in [3.05, 3.63) is 57.4 Å². The molecule has 0 bridgehead atoms. The molecule has 0 aliphatic heterocycles. The minimum Gasteiger partial charge on any atom is -0.349 e. The smallest absolute Gasteiger partial charge is 0.269 e. The van der Waals surface area contributed by atoms with E-state index in [1.807, 2.05) is 50.0 Å². The fraction of sp³-hybridized carbons (Fsp3) is 0.278. The van der Waals surface area contributed by atoms with Crippen LogP contribution in [0.5, 0.6) is 0 Å². The second-order valence-corrected chi connectivity index (χ2v) is 7.14. The highest BCUT2D eigenvalue weighted by atomic mass is 35.5. The molecular weight excluding hydrogens is 342 g/mol. The molecule has 0 spiro atoms. The van der Waals surface area contributed by atoms with Crippen LogP contribution in [0.25, 0.3) is 10.9 Å². The second kappa shape index (κ2) is 6.97. The van der Waals surface area contributed by atoms with Gasteiger partial charge in [-0.2, -0.15) is 11.3 Å². The first-order chi connectivity index (χ1) is 11.5. The number of hydrogen-bond acceptors (Lipinski definition) is 3. The average Bonchev–Trinajstić information content (AvgIpc) is 3.16. The lowest BCUT2D eigenvalue weighted by atomic mass is 10.1. The number of fused-ring (bicyclic) bond motifs is 1. The van der Waals surface area contributed by atoms with Crippen LogP contribution in [-0.2, 0) is 7.05 Å². The largest absolute Gasteiger partial charge is 0.349 e. The molecule has 0 radical (unpaired) electrons. The van der Waals surface area contributed by atoms with Crippen LogP contribution in [0.1, 0.15) is 22.1 Å². The van der Waals surface area contributed by atoms with Gasteiger partial charge < -0.3 is 14.8 Å². The molecule has 1 aromatic carbocycles. The number of benzene rings is 1. The lowest BCUT2D eigenvalue weighted by Gasteiger charge is -2.24. The summed E-state index contributed by atoms with van der Waals surface area (Å²) in [6.07, 6.45) is 0. The van der Waals surface area contributed by atoms with E-state index in [1.165, 1.54) is 5.56 Å². The van der Waals surface area contributed by atoms with Gasteiger partial charge in [-0.1, -0.05) is 29.8 Å². The molecule has 0 saturated heterocycles. The average molecular weight is 362 g/mol. The molecule has 0 aliphatic rings. The maximum absolute atomic E-state index is 12.7. The zero-order valence-corrected chi connectivity index (χ0v) is 15.5. The first-order valence-electron chi connectivity index (χ1n) is 7.70. The molecule has 24 heavy (non-hydrogen) atoms. The number of carbonyl (C=O) groups excluding carboxylic acids is 1. The fourth-order valence-electron chi connectivity index (χ4n) is 2.94. The summed E-state index contributed by atoms with van der Waals surface area (Å²) in [6.45, 7) is 0.528. The molecule has 2 aromatic heterocycles. The highest BCUT2D eigenvalue weighted by Gasteiger charge is 2.21. The van der Waals surface area contributed by atoms with Crippen LogP contribution in [0.3, 0.4) is 0 Å². The lowest BCUT2D eigenvalue weighted by Crippen LogP contribution is -2.35. The van der Waals surface area contributed by atoms with Gasteiger partial charge in [0.05, 0.1) is 11.1 Å². The van der Waals surface area contributed by atoms with Crippen LogP contribution in [-0.4, -0.2) is 36.0 Å². The van der Waals surface area contributed by atoms with Crippen LogP contribution in [0.15, 0.2) is 41.1 Å². The summed E-state index contributed by atoms with van der Waals surface area (Å²) >= 11 is 8.10. The zero-order chi connectivity index (χ0) is 17.3. The maximum atomic E-state index is 12.7. The summed E-state index contributed by atoms with van der Waals surface area (Å²) in [5, 5.41) is 8.59. The molecular formula is C18H20ClN3OS. The van der Waals surface area contributed by atoms with E-state index in [1.54, 1.807) is 11.3 Å². The molecule has 0 saturated carbocycles. The Labute approximate surface area is 150 Å². The van der Waals surface area contributed by atoms with Crippen molar-refractivity contribution in [3.8, 4) is 0 Å². The van der Waals surface area contributed by atoms with Crippen LogP contribution < -0.4 is 5.32 Å². The van der Waals surface area contributed by atoms with Gasteiger partial charge in [-0.25, -0.2) is 0 Å². The number of likely N-dealkylation sites (N-methyl/N-ethyl adjacent to an activating group) is 1. The van der Waals surface area contributed by atoms with E-state index in [2.05, 4.69) is 27.0 Å². The van der Waals surface area contributed by atoms with Crippen molar-refractivity contribution in [2.24, 2.45) is 7.05 Å². The third-order valence-corrected chi connectivity index (χ3v) is 5.35. The minimum absolute atomic E-state index is 0.133. The van der Waals surface area contributed by atoms with E-state index >= 15 is 0 Å². The van der Waals surface area contributed by atoms with Crippen LogP contribution in [0.2, 0.25) is 5.02 Å². The number of nitrogens with zero attached hydrogens (tertiary/aromatic N) is 2. The van der Waals surface area contributed by atoms with Gasteiger partial charge in [0.15, 0.2) is 0 Å². The van der Waals surface area contributed by atoms with Crippen molar-refractivity contribution < 1.29 is 4.79 Å². The second-order valence-electron chi connectivity index (χ2n) is 5.98. The van der Waals surface area contributed by atoms with Crippen molar-refractivity contribution in [2.45, 2.75) is 6.04 Å². The quantitative estimate of drug-likeness (QED) is 0.747. The van der Waals surface area contributed by atoms with E-state index < -0.39 is 0 Å². The molecule has 6 heteroatoms. The summed E-state index contributed by atoms with van der Waals surface area (Å²) in [5.41, 5.74) is 2.66. The van der Waals surface area contributed by atoms with Crippen molar-refractivity contribution in [2.75, 3.05) is 20.6 Å². The summed E-state index contributed by atoms with van der Waals surface area (Å²) in [6, 6.07) is 9.99. The Kier molecular flexibility index (Phi) is 4.94. The summed E-state index contributed by atoms with van der Waals surface area (Å²) in [7, 11) is 5.89. The van der Waals surface area contributed by atoms with E-state index in [9.17, 15) is 4.79 Å². The lowest BCUT2D eigenvalue weighted by molar-refractivity contribution is 0.0934. The predicted molar refractivity (Wildman–Crippen MR) is 101 cm³/mol. The van der Waals surface area contributed by atoms with Gasteiger partial charge in [-0.3, -0.25) is 4.79 Å². The van der Waals surface area contributed by atoms with E-state index in [4.69, 9.17) is 11.6 Å². The third-order valence-electron chi connectivity index (χ3n) is 4.27. The number of nitrogens with one attached hydrogen (secondary N) is 1. The van der Waals surface area contributed by atoms with E-state index in [0.29, 0.717) is 17.3 Å². The van der Waals surface area contributed by atoms with E-state index in [-0.39, 0.29) is 11.9 Å². The first-order valence-corrected chi connectivity index (χ1v) is 9.02. The van der Waals surface area contributed by atoms with Gasteiger partial charge in [-0.05, 0) is 42.6 Å². The number of carbonyl (C=O) groups is 1. The van der Waals surface area contributed by atoms with E-state index in [0.717, 1.165) is 10.9 Å². The monoisotopic (exact) mass is 361 g/mol. The van der Waals surface area contributed by atoms with Gasteiger partial charge in [0.25, 0.3) is 5.91 Å². The Morgan fingerprint density at radius 2 is 2.08 bits per heavy atom. The molecule has 3 rings (SSSR count). The normalized spacial score (nSPS) is 12.7. The Hall–Kier alpha value is -1.82. The number of rotatable bonds is 5. The van der Waals surface area contributed by atoms with Gasteiger partial charge in [0.1, 0.15) is 5.69 Å². The first kappa shape index (κ1) is 17.0. The standard InChI is InChI=1S/C18H20ClN3OS/c1-21(2)15(12-8-9-24-11-12)10-20-18(23)17-16(19)13-6-4-5-7-14(13)22(17)3/h4-9,11,15H,10H2,1-3H3,(H,20,23). The van der Waals surface area contributed by atoms with Crippen molar-refractivity contribution in [3.63, 3.8) is 0 Å². The molecule has 1 atom stereocenters. The van der Waals surface area contributed by atoms with Gasteiger partial charge in [0, 0.05) is 24.5 Å². The summed E-state index contributed by atoms with van der Waals surface area (Å²) in [5.74, 6) is -0.152. The van der Waals surface area contributed by atoms with Gasteiger partial charge >= 0.3 is 0 Å². The Balaban J connectivity index is 1.83. The van der Waals surface area contributed by atoms with Gasteiger partial charge in [0.2, 0.25) is 0 Å². The van der Waals surface area contributed by atoms with Crippen LogP contribution in [0.4, 0.5) is 0 Å². The predicted octanol–water partition coefficient (Wildman–Crippen LogP) is 3.93. The number of amides is 1. The topological polar surface area (TPSA) is 37.3 Å². The third kappa shape index (κ3) is 3.07. The summed E-state index contributed by atoms with van der Waals surface area (Å²) in [4.78, 5) is 14.8.